The van der Waals surface area contributed by atoms with Gasteiger partial charge < -0.3 is 10.1 Å². The van der Waals surface area contributed by atoms with Gasteiger partial charge in [0, 0.05) is 25.5 Å². The molecule has 0 amide bonds. The number of hydrogen-bond acceptors (Lipinski definition) is 7. The molecule has 0 radical (unpaired) electrons. The third-order valence-corrected chi connectivity index (χ3v) is 9.78. The highest BCUT2D eigenvalue weighted by Crippen LogP contribution is 2.99. The molecule has 8 rings (SSSR count). The molecule has 0 aromatic carbocycles. The number of allylic oxidation sites excluding steroid dienone is 1. The minimum atomic E-state index is -0.198. The highest BCUT2D eigenvalue weighted by molar-refractivity contribution is 5.77. The zero-order valence-electron chi connectivity index (χ0n) is 21.5. The number of aryl methyl sites for hydroxylation is 1. The summed E-state index contributed by atoms with van der Waals surface area (Å²) in [6.07, 6.45) is 11.9. The van der Waals surface area contributed by atoms with Crippen LogP contribution in [0.25, 0.3) is 16.9 Å². The predicted molar refractivity (Wildman–Crippen MR) is 142 cm³/mol. The Labute approximate surface area is 219 Å². The molecule has 1 N–H and O–H groups in total. The second-order valence-electron chi connectivity index (χ2n) is 11.8. The van der Waals surface area contributed by atoms with Crippen molar-refractivity contribution in [1.29, 1.82) is 0 Å². The molecule has 4 saturated carbocycles. The van der Waals surface area contributed by atoms with Crippen LogP contribution in [0, 0.1) is 28.6 Å². The number of rotatable bonds is 7. The molecule has 3 unspecified atom stereocenters. The Kier molecular flexibility index (Phi) is 4.26. The van der Waals surface area contributed by atoms with Crippen LogP contribution >= 0.6 is 0 Å². The van der Waals surface area contributed by atoms with E-state index in [1.807, 2.05) is 31.4 Å². The SMILES string of the molecule is C=CCn1c(=O)c2cnc(Nc3cnn(C)c3)nc2n1-c1cccc(O[C@@H]2C[C@H]3CC4(C)C5[C@@H](C2)C54C3)n1. The van der Waals surface area contributed by atoms with Gasteiger partial charge in [-0.05, 0) is 60.3 Å². The van der Waals surface area contributed by atoms with E-state index in [0.29, 0.717) is 46.1 Å². The maximum atomic E-state index is 13.3. The normalized spacial score (nSPS) is 32.1. The van der Waals surface area contributed by atoms with Crippen LogP contribution in [0.4, 0.5) is 11.6 Å². The van der Waals surface area contributed by atoms with Gasteiger partial charge in [0.2, 0.25) is 11.8 Å². The summed E-state index contributed by atoms with van der Waals surface area (Å²) in [5.41, 5.74) is 2.31. The van der Waals surface area contributed by atoms with E-state index in [1.165, 1.54) is 12.8 Å². The van der Waals surface area contributed by atoms with Gasteiger partial charge in [-0.1, -0.05) is 19.1 Å². The van der Waals surface area contributed by atoms with Gasteiger partial charge in [0.25, 0.3) is 5.56 Å². The molecule has 4 aromatic rings. The number of anilines is 2. The monoisotopic (exact) mass is 510 g/mol. The average molecular weight is 511 g/mol. The van der Waals surface area contributed by atoms with E-state index in [9.17, 15) is 4.79 Å². The number of fused-ring (bicyclic) bond motifs is 4. The van der Waals surface area contributed by atoms with Crippen LogP contribution in [-0.2, 0) is 13.6 Å². The van der Waals surface area contributed by atoms with Crippen molar-refractivity contribution in [3.05, 3.63) is 59.8 Å². The van der Waals surface area contributed by atoms with Crippen LogP contribution in [0.3, 0.4) is 0 Å². The van der Waals surface area contributed by atoms with E-state index in [4.69, 9.17) is 14.7 Å². The molecule has 4 aromatic heterocycles. The van der Waals surface area contributed by atoms with Gasteiger partial charge in [-0.15, -0.1) is 6.58 Å². The van der Waals surface area contributed by atoms with Crippen molar-refractivity contribution < 1.29 is 4.74 Å². The Hall–Kier alpha value is -3.95. The van der Waals surface area contributed by atoms with Gasteiger partial charge in [-0.25, -0.2) is 14.3 Å². The van der Waals surface area contributed by atoms with Gasteiger partial charge in [0.1, 0.15) is 11.5 Å². The highest BCUT2D eigenvalue weighted by atomic mass is 16.5. The van der Waals surface area contributed by atoms with Gasteiger partial charge in [0.05, 0.1) is 18.4 Å². The lowest BCUT2D eigenvalue weighted by atomic mass is 9.80. The first-order chi connectivity index (χ1) is 18.4. The van der Waals surface area contributed by atoms with Crippen LogP contribution in [0.2, 0.25) is 0 Å². The predicted octanol–water partition coefficient (Wildman–Crippen LogP) is 3.84. The maximum Gasteiger partial charge on any atom is 0.278 e. The highest BCUT2D eigenvalue weighted by Gasteiger charge is 2.94. The molecule has 0 saturated heterocycles. The number of aromatic nitrogens is 7. The number of nitrogens with one attached hydrogen (secondary N) is 1. The van der Waals surface area contributed by atoms with E-state index in [2.05, 4.69) is 28.9 Å². The topological polar surface area (TPSA) is 105 Å². The van der Waals surface area contributed by atoms with E-state index in [1.54, 1.807) is 32.5 Å². The quantitative estimate of drug-likeness (QED) is 0.377. The molecule has 4 aliphatic rings. The lowest BCUT2D eigenvalue weighted by Crippen LogP contribution is -2.27. The van der Waals surface area contributed by atoms with E-state index < -0.39 is 0 Å². The number of ether oxygens (including phenoxy) is 1. The Morgan fingerprint density at radius 2 is 2.13 bits per heavy atom. The Morgan fingerprint density at radius 3 is 2.95 bits per heavy atom. The summed E-state index contributed by atoms with van der Waals surface area (Å²) in [5, 5.41) is 7.74. The molecule has 38 heavy (non-hydrogen) atoms. The summed E-state index contributed by atoms with van der Waals surface area (Å²) in [6, 6.07) is 5.71. The molecule has 4 heterocycles. The van der Waals surface area contributed by atoms with Crippen molar-refractivity contribution in [3.8, 4) is 11.7 Å². The van der Waals surface area contributed by atoms with Gasteiger partial charge in [-0.2, -0.15) is 15.1 Å². The maximum absolute atomic E-state index is 13.3. The Morgan fingerprint density at radius 1 is 1.24 bits per heavy atom. The molecule has 6 atom stereocenters. The molecular weight excluding hydrogens is 480 g/mol. The van der Waals surface area contributed by atoms with Crippen LogP contribution in [0.1, 0.15) is 32.6 Å². The number of hydrogen-bond donors (Lipinski definition) is 1. The fourth-order valence-electron chi connectivity index (χ4n) is 8.44. The second-order valence-corrected chi connectivity index (χ2v) is 11.8. The fourth-order valence-corrected chi connectivity index (χ4v) is 8.44. The van der Waals surface area contributed by atoms with Crippen molar-refractivity contribution in [1.82, 2.24) is 34.1 Å². The Bertz CT molecular complexity index is 1680. The molecule has 4 aliphatic carbocycles. The first kappa shape index (κ1) is 22.1. The summed E-state index contributed by atoms with van der Waals surface area (Å²) < 4.78 is 11.5. The smallest absolute Gasteiger partial charge is 0.278 e. The summed E-state index contributed by atoms with van der Waals surface area (Å²) in [7, 11) is 1.84. The van der Waals surface area contributed by atoms with Crippen molar-refractivity contribution >= 4 is 22.7 Å². The van der Waals surface area contributed by atoms with Crippen LogP contribution in [0.5, 0.6) is 5.88 Å². The number of nitrogens with zero attached hydrogens (tertiary/aromatic N) is 7. The standard InChI is InChI=1S/C28H30N8O2/c1-4-8-35-25(37)19-14-29-26(31-17-13-30-34(3)15-17)33-24(19)36(35)21-6-5-7-22(32-21)38-18-9-16-11-27(2)23-20(10-18)28(23,27)12-16/h4-7,13-16,18,20,23H,1,8-12H2,2-3H3,(H,29,31,33)/t16-,18+,20+,23?,27?,28?/m0/s1. The lowest BCUT2D eigenvalue weighted by Gasteiger charge is -2.29. The number of pyridine rings is 1. The zero-order valence-corrected chi connectivity index (χ0v) is 21.5. The van der Waals surface area contributed by atoms with Gasteiger partial charge in [-0.3, -0.25) is 9.48 Å². The summed E-state index contributed by atoms with van der Waals surface area (Å²) >= 11 is 0. The second kappa shape index (κ2) is 7.33. The van der Waals surface area contributed by atoms with Crippen molar-refractivity contribution in [3.63, 3.8) is 0 Å². The zero-order chi connectivity index (χ0) is 25.8. The molecule has 4 fully saturated rings. The molecule has 2 bridgehead atoms. The van der Waals surface area contributed by atoms with E-state index in [0.717, 1.165) is 36.3 Å². The Balaban J connectivity index is 1.13. The fraction of sp³-hybridized carbons (Fsp3) is 0.464. The van der Waals surface area contributed by atoms with Crippen LogP contribution < -0.4 is 15.6 Å². The van der Waals surface area contributed by atoms with Gasteiger partial charge in [0.15, 0.2) is 11.5 Å². The van der Waals surface area contributed by atoms with E-state index >= 15 is 0 Å². The molecule has 1 spiro atoms. The molecule has 10 nitrogen and oxygen atoms in total. The molecular formula is C28H30N8O2. The van der Waals surface area contributed by atoms with Crippen LogP contribution in [0.15, 0.2) is 54.2 Å². The van der Waals surface area contributed by atoms with Crippen LogP contribution in [-0.4, -0.2) is 40.2 Å². The summed E-state index contributed by atoms with van der Waals surface area (Å²) in [4.78, 5) is 27.2. The van der Waals surface area contributed by atoms with Crippen molar-refractivity contribution in [2.75, 3.05) is 5.32 Å². The largest absolute Gasteiger partial charge is 0.474 e. The summed E-state index contributed by atoms with van der Waals surface area (Å²) in [6.45, 7) is 6.65. The minimum absolute atomic E-state index is 0.193. The molecule has 10 heteroatoms. The van der Waals surface area contributed by atoms with Gasteiger partial charge >= 0.3 is 0 Å². The first-order valence-corrected chi connectivity index (χ1v) is 13.4. The first-order valence-electron chi connectivity index (χ1n) is 13.4. The summed E-state index contributed by atoms with van der Waals surface area (Å²) in [5.74, 6) is 4.06. The third kappa shape index (κ3) is 2.85. The minimum Gasteiger partial charge on any atom is -0.474 e. The van der Waals surface area contributed by atoms with Crippen molar-refractivity contribution in [2.45, 2.75) is 45.3 Å². The third-order valence-electron chi connectivity index (χ3n) is 9.78. The molecule has 194 valence electrons. The van der Waals surface area contributed by atoms with Crippen molar-refractivity contribution in [2.24, 2.45) is 35.6 Å². The molecule has 0 aliphatic heterocycles. The lowest BCUT2D eigenvalue weighted by molar-refractivity contribution is 0.113. The van der Waals surface area contributed by atoms with E-state index in [-0.39, 0.29) is 11.7 Å². The average Bonchev–Trinajstić information content (AvgIpc) is 3.47.